The number of thioether (sulfide) groups is 1. The van der Waals surface area contributed by atoms with E-state index in [2.05, 4.69) is 15.9 Å². The topological polar surface area (TPSA) is 35.5 Å². The number of Topliss-reactive ketones (excluding diaryl/α,β-unsaturated/α-hetero) is 1. The fourth-order valence-electron chi connectivity index (χ4n) is 1.93. The zero-order valence-corrected chi connectivity index (χ0v) is 12.1. The van der Waals surface area contributed by atoms with Gasteiger partial charge in [0.25, 0.3) is 0 Å². The lowest BCUT2D eigenvalue weighted by Gasteiger charge is -2.15. The van der Waals surface area contributed by atoms with Crippen molar-refractivity contribution in [1.29, 1.82) is 0 Å². The van der Waals surface area contributed by atoms with Gasteiger partial charge in [-0.25, -0.2) is 0 Å². The molecule has 0 N–H and O–H groups in total. The molecule has 3 nitrogen and oxygen atoms in total. The number of hydrogen-bond acceptors (Lipinski definition) is 4. The Morgan fingerprint density at radius 1 is 1.35 bits per heavy atom. The second-order valence-electron chi connectivity index (χ2n) is 3.67. The third-order valence-electron chi connectivity index (χ3n) is 2.72. The highest BCUT2D eigenvalue weighted by Crippen LogP contribution is 2.41. The van der Waals surface area contributed by atoms with Crippen LogP contribution < -0.4 is 9.47 Å². The number of rotatable bonds is 2. The smallest absolute Gasteiger partial charge is 0.167 e. The summed E-state index contributed by atoms with van der Waals surface area (Å²) < 4.78 is 11.4. The quantitative estimate of drug-likeness (QED) is 0.838. The van der Waals surface area contributed by atoms with Crippen molar-refractivity contribution in [2.45, 2.75) is 12.2 Å². The molecule has 92 valence electrons. The molecular weight excluding hydrogens is 304 g/mol. The van der Waals surface area contributed by atoms with E-state index < -0.39 is 0 Å². The molecule has 1 aliphatic rings. The van der Waals surface area contributed by atoms with Crippen molar-refractivity contribution in [3.63, 3.8) is 0 Å². The summed E-state index contributed by atoms with van der Waals surface area (Å²) in [6, 6.07) is 1.86. The number of benzene rings is 1. The predicted molar refractivity (Wildman–Crippen MR) is 72.4 cm³/mol. The molecule has 0 saturated heterocycles. The van der Waals surface area contributed by atoms with E-state index in [1.165, 1.54) is 0 Å². The molecule has 0 aliphatic carbocycles. The van der Waals surface area contributed by atoms with Crippen molar-refractivity contribution in [3.8, 4) is 11.5 Å². The molecule has 17 heavy (non-hydrogen) atoms. The lowest BCUT2D eigenvalue weighted by molar-refractivity contribution is 0.0986. The van der Waals surface area contributed by atoms with Gasteiger partial charge in [0.2, 0.25) is 0 Å². The van der Waals surface area contributed by atoms with Crippen LogP contribution in [0, 0.1) is 0 Å². The van der Waals surface area contributed by atoms with E-state index in [9.17, 15) is 4.79 Å². The van der Waals surface area contributed by atoms with E-state index in [4.69, 9.17) is 9.47 Å². The first-order valence-electron chi connectivity index (χ1n) is 5.23. The van der Waals surface area contributed by atoms with Gasteiger partial charge in [0.15, 0.2) is 5.78 Å². The van der Waals surface area contributed by atoms with Crippen LogP contribution in [-0.4, -0.2) is 25.8 Å². The standard InChI is InChI=1S/C12H13BrO3S/c1-15-10-5-8(13)12(16-2)11-7(10)6-17-4-3-9(11)14/h5H,3-4,6H2,1-2H3. The summed E-state index contributed by atoms with van der Waals surface area (Å²) >= 11 is 5.16. The lowest BCUT2D eigenvalue weighted by Crippen LogP contribution is -2.06. The van der Waals surface area contributed by atoms with Crippen molar-refractivity contribution in [3.05, 3.63) is 21.7 Å². The van der Waals surface area contributed by atoms with E-state index in [1.807, 2.05) is 6.07 Å². The summed E-state index contributed by atoms with van der Waals surface area (Å²) in [4.78, 5) is 12.1. The van der Waals surface area contributed by atoms with E-state index >= 15 is 0 Å². The van der Waals surface area contributed by atoms with Crippen molar-refractivity contribution in [1.82, 2.24) is 0 Å². The van der Waals surface area contributed by atoms with Crippen molar-refractivity contribution in [2.75, 3.05) is 20.0 Å². The van der Waals surface area contributed by atoms with Gasteiger partial charge in [-0.05, 0) is 22.0 Å². The van der Waals surface area contributed by atoms with E-state index in [-0.39, 0.29) is 5.78 Å². The van der Waals surface area contributed by atoms with Crippen LogP contribution in [0.15, 0.2) is 10.5 Å². The third kappa shape index (κ3) is 2.31. The highest BCUT2D eigenvalue weighted by molar-refractivity contribution is 9.10. The molecule has 0 saturated carbocycles. The summed E-state index contributed by atoms with van der Waals surface area (Å²) in [5.41, 5.74) is 1.61. The molecule has 0 radical (unpaired) electrons. The minimum Gasteiger partial charge on any atom is -0.496 e. The Bertz CT molecular complexity index is 460. The van der Waals surface area contributed by atoms with Crippen LogP contribution >= 0.6 is 27.7 Å². The zero-order chi connectivity index (χ0) is 12.4. The van der Waals surface area contributed by atoms with Crippen LogP contribution in [0.25, 0.3) is 0 Å². The van der Waals surface area contributed by atoms with Crippen molar-refractivity contribution >= 4 is 33.5 Å². The van der Waals surface area contributed by atoms with E-state index in [0.717, 1.165) is 27.3 Å². The normalized spacial score (nSPS) is 15.1. The molecule has 0 atom stereocenters. The minimum absolute atomic E-state index is 0.126. The highest BCUT2D eigenvalue weighted by Gasteiger charge is 2.25. The third-order valence-corrected chi connectivity index (χ3v) is 4.30. The molecular formula is C12H13BrO3S. The van der Waals surface area contributed by atoms with Gasteiger partial charge in [0.1, 0.15) is 11.5 Å². The van der Waals surface area contributed by atoms with E-state index in [0.29, 0.717) is 17.7 Å². The molecule has 0 unspecified atom stereocenters. The molecule has 1 heterocycles. The Morgan fingerprint density at radius 3 is 2.76 bits per heavy atom. The molecule has 0 bridgehead atoms. The maximum atomic E-state index is 12.1. The number of hydrogen-bond donors (Lipinski definition) is 0. The maximum absolute atomic E-state index is 12.1. The number of carbonyl (C=O) groups is 1. The number of carbonyl (C=O) groups excluding carboxylic acids is 1. The Hall–Kier alpha value is -0.680. The second-order valence-corrected chi connectivity index (χ2v) is 5.63. The predicted octanol–water partition coefficient (Wildman–Crippen LogP) is 3.29. The fourth-order valence-corrected chi connectivity index (χ4v) is 3.46. The van der Waals surface area contributed by atoms with Gasteiger partial charge in [0, 0.05) is 23.5 Å². The number of ketones is 1. The zero-order valence-electron chi connectivity index (χ0n) is 9.71. The first-order chi connectivity index (χ1) is 8.19. The summed E-state index contributed by atoms with van der Waals surface area (Å²) in [7, 11) is 3.20. The summed E-state index contributed by atoms with van der Waals surface area (Å²) in [6.07, 6.45) is 0.549. The second kappa shape index (κ2) is 5.31. The molecule has 1 aliphatic heterocycles. The maximum Gasteiger partial charge on any atom is 0.167 e. The van der Waals surface area contributed by atoms with Crippen LogP contribution in [0.3, 0.4) is 0 Å². The van der Waals surface area contributed by atoms with Gasteiger partial charge in [-0.2, -0.15) is 11.8 Å². The van der Waals surface area contributed by atoms with Crippen LogP contribution in [0.1, 0.15) is 22.3 Å². The number of halogens is 1. The molecule has 0 aromatic heterocycles. The van der Waals surface area contributed by atoms with Gasteiger partial charge in [-0.3, -0.25) is 4.79 Å². The molecule has 0 spiro atoms. The molecule has 1 aromatic carbocycles. The summed E-state index contributed by atoms with van der Waals surface area (Å²) in [5, 5.41) is 0. The van der Waals surface area contributed by atoms with E-state index in [1.54, 1.807) is 26.0 Å². The van der Waals surface area contributed by atoms with Gasteiger partial charge in [0.05, 0.1) is 24.3 Å². The first-order valence-corrected chi connectivity index (χ1v) is 7.18. The number of fused-ring (bicyclic) bond motifs is 1. The largest absolute Gasteiger partial charge is 0.496 e. The van der Waals surface area contributed by atoms with Crippen LogP contribution in [0.5, 0.6) is 11.5 Å². The number of ether oxygens (including phenoxy) is 2. The highest BCUT2D eigenvalue weighted by atomic mass is 79.9. The average molecular weight is 317 g/mol. The van der Waals surface area contributed by atoms with Crippen LogP contribution in [0.4, 0.5) is 0 Å². The van der Waals surface area contributed by atoms with Gasteiger partial charge >= 0.3 is 0 Å². The van der Waals surface area contributed by atoms with Crippen LogP contribution in [-0.2, 0) is 5.75 Å². The molecule has 0 fully saturated rings. The van der Waals surface area contributed by atoms with Crippen molar-refractivity contribution < 1.29 is 14.3 Å². The van der Waals surface area contributed by atoms with Crippen molar-refractivity contribution in [2.24, 2.45) is 0 Å². The molecule has 5 heteroatoms. The van der Waals surface area contributed by atoms with Gasteiger partial charge in [-0.1, -0.05) is 0 Å². The average Bonchev–Trinajstić information content (AvgIpc) is 2.51. The monoisotopic (exact) mass is 316 g/mol. The summed E-state index contributed by atoms with van der Waals surface area (Å²) in [6.45, 7) is 0. The van der Waals surface area contributed by atoms with Gasteiger partial charge < -0.3 is 9.47 Å². The molecule has 0 amide bonds. The lowest BCUT2D eigenvalue weighted by atomic mass is 10.0. The first kappa shape index (κ1) is 12.8. The minimum atomic E-state index is 0.126. The Morgan fingerprint density at radius 2 is 2.12 bits per heavy atom. The molecule has 1 aromatic rings. The Balaban J connectivity index is 2.69. The van der Waals surface area contributed by atoms with Gasteiger partial charge in [-0.15, -0.1) is 0 Å². The number of methoxy groups -OCH3 is 2. The SMILES string of the molecule is COc1cc(Br)c(OC)c2c1CSCCC2=O. The molecule has 2 rings (SSSR count). The fraction of sp³-hybridized carbons (Fsp3) is 0.417. The van der Waals surface area contributed by atoms with Crippen LogP contribution in [0.2, 0.25) is 0 Å². The Kier molecular flexibility index (Phi) is 3.99. The Labute approximate surface area is 113 Å². The summed E-state index contributed by atoms with van der Waals surface area (Å²) in [5.74, 6) is 3.12.